The van der Waals surface area contributed by atoms with Gasteiger partial charge < -0.3 is 4.55 Å². The van der Waals surface area contributed by atoms with E-state index in [4.69, 9.17) is 0 Å². The van der Waals surface area contributed by atoms with E-state index in [1.165, 1.54) is 11.1 Å². The Bertz CT molecular complexity index is 702. The van der Waals surface area contributed by atoms with Crippen molar-refractivity contribution in [1.29, 1.82) is 0 Å². The largest absolute Gasteiger partial charge is 0.760 e. The van der Waals surface area contributed by atoms with Gasteiger partial charge in [-0.1, -0.05) is 24.3 Å². The topological polar surface area (TPSA) is 65.0 Å². The first kappa shape index (κ1) is 16.3. The summed E-state index contributed by atoms with van der Waals surface area (Å²) in [5.41, 5.74) is 4.82. The zero-order valence-corrected chi connectivity index (χ0v) is 14.2. The summed E-state index contributed by atoms with van der Waals surface area (Å²) in [6, 6.07) is 10.8. The van der Waals surface area contributed by atoms with Crippen molar-refractivity contribution in [3.8, 4) is 11.1 Å². The zero-order chi connectivity index (χ0) is 16.4. The average Bonchev–Trinajstić information content (AvgIpc) is 3.25. The highest BCUT2D eigenvalue weighted by Crippen LogP contribution is 2.50. The molecule has 23 heavy (non-hydrogen) atoms. The number of pyridine rings is 1. The number of hydrogen-bond acceptors (Lipinski definition) is 3. The SMILES string of the molecule is Cc1cncc(-c2ccc(C3CC3CC(C)NS(=O)[O-])cc2)c1. The lowest BCUT2D eigenvalue weighted by Crippen LogP contribution is -2.28. The van der Waals surface area contributed by atoms with E-state index in [1.54, 1.807) is 0 Å². The normalized spacial score (nSPS) is 22.6. The quantitative estimate of drug-likeness (QED) is 0.827. The van der Waals surface area contributed by atoms with Crippen molar-refractivity contribution in [2.75, 3.05) is 0 Å². The summed E-state index contributed by atoms with van der Waals surface area (Å²) >= 11 is -2.17. The van der Waals surface area contributed by atoms with Gasteiger partial charge in [0.15, 0.2) is 0 Å². The van der Waals surface area contributed by atoms with Crippen LogP contribution in [0.2, 0.25) is 0 Å². The third-order valence-corrected chi connectivity index (χ3v) is 5.02. The van der Waals surface area contributed by atoms with Crippen LogP contribution in [0, 0.1) is 12.8 Å². The molecule has 1 fully saturated rings. The van der Waals surface area contributed by atoms with Crippen molar-refractivity contribution in [2.24, 2.45) is 5.92 Å². The maximum Gasteiger partial charge on any atom is 0.0346 e. The molecule has 4 nitrogen and oxygen atoms in total. The van der Waals surface area contributed by atoms with Crippen LogP contribution in [0.15, 0.2) is 42.7 Å². The van der Waals surface area contributed by atoms with E-state index < -0.39 is 11.3 Å². The van der Waals surface area contributed by atoms with Crippen molar-refractivity contribution in [1.82, 2.24) is 9.71 Å². The first-order valence-corrected chi connectivity index (χ1v) is 8.98. The van der Waals surface area contributed by atoms with Gasteiger partial charge in [-0.25, -0.2) is 4.72 Å². The van der Waals surface area contributed by atoms with E-state index in [9.17, 15) is 8.76 Å². The van der Waals surface area contributed by atoms with Gasteiger partial charge in [0.2, 0.25) is 0 Å². The van der Waals surface area contributed by atoms with Crippen LogP contribution >= 0.6 is 0 Å². The van der Waals surface area contributed by atoms with Crippen LogP contribution in [-0.2, 0) is 11.3 Å². The summed E-state index contributed by atoms with van der Waals surface area (Å²) < 4.78 is 23.8. The van der Waals surface area contributed by atoms with Crippen molar-refractivity contribution >= 4 is 11.3 Å². The molecule has 5 heteroatoms. The summed E-state index contributed by atoms with van der Waals surface area (Å²) in [5.74, 6) is 1.14. The van der Waals surface area contributed by atoms with Gasteiger partial charge in [0.05, 0.1) is 0 Å². The second-order valence-electron chi connectivity index (χ2n) is 6.46. The highest BCUT2D eigenvalue weighted by molar-refractivity contribution is 7.77. The van der Waals surface area contributed by atoms with Gasteiger partial charge in [-0.05, 0) is 61.3 Å². The Morgan fingerprint density at radius 3 is 2.70 bits per heavy atom. The number of hydrogen-bond donors (Lipinski definition) is 1. The van der Waals surface area contributed by atoms with E-state index in [2.05, 4.69) is 40.0 Å². The predicted octanol–water partition coefficient (Wildman–Crippen LogP) is 3.32. The van der Waals surface area contributed by atoms with Crippen molar-refractivity contribution < 1.29 is 8.76 Å². The molecule has 1 aromatic heterocycles. The first-order chi connectivity index (χ1) is 11.0. The molecule has 1 heterocycles. The summed E-state index contributed by atoms with van der Waals surface area (Å²) in [6.07, 6.45) is 5.78. The summed E-state index contributed by atoms with van der Waals surface area (Å²) in [5, 5.41) is 0. The Hall–Kier alpha value is -1.56. The molecule has 0 aliphatic heterocycles. The van der Waals surface area contributed by atoms with Crippen molar-refractivity contribution in [3.05, 3.63) is 53.9 Å². The predicted molar refractivity (Wildman–Crippen MR) is 91.4 cm³/mol. The lowest BCUT2D eigenvalue weighted by atomic mass is 10.0. The van der Waals surface area contributed by atoms with E-state index in [0.29, 0.717) is 11.8 Å². The molecule has 122 valence electrons. The molecule has 1 N–H and O–H groups in total. The molecule has 2 aromatic rings. The average molecular weight is 329 g/mol. The van der Waals surface area contributed by atoms with Crippen molar-refractivity contribution in [2.45, 2.75) is 38.6 Å². The molecule has 4 atom stereocenters. The van der Waals surface area contributed by atoms with Crippen molar-refractivity contribution in [3.63, 3.8) is 0 Å². The molecule has 1 saturated carbocycles. The molecular formula is C18H21N2O2S-. The van der Waals surface area contributed by atoms with Gasteiger partial charge >= 0.3 is 0 Å². The highest BCUT2D eigenvalue weighted by atomic mass is 32.2. The molecular weight excluding hydrogens is 308 g/mol. The second-order valence-corrected chi connectivity index (χ2v) is 7.17. The number of nitrogens with one attached hydrogen (secondary N) is 1. The zero-order valence-electron chi connectivity index (χ0n) is 13.4. The van der Waals surface area contributed by atoms with Gasteiger partial charge in [-0.15, -0.1) is 0 Å². The van der Waals surface area contributed by atoms with Gasteiger partial charge in [0, 0.05) is 35.3 Å². The molecule has 0 radical (unpaired) electrons. The molecule has 1 aliphatic rings. The van der Waals surface area contributed by atoms with Crippen LogP contribution in [-0.4, -0.2) is 19.8 Å². The lowest BCUT2D eigenvalue weighted by Gasteiger charge is -2.15. The van der Waals surface area contributed by atoms with Crippen LogP contribution in [0.25, 0.3) is 11.1 Å². The van der Waals surface area contributed by atoms with Gasteiger partial charge in [0.1, 0.15) is 0 Å². The molecule has 1 aliphatic carbocycles. The number of nitrogens with zero attached hydrogens (tertiary/aromatic N) is 1. The molecule has 0 spiro atoms. The van der Waals surface area contributed by atoms with E-state index in [0.717, 1.165) is 24.0 Å². The number of aromatic nitrogens is 1. The Labute approximate surface area is 139 Å². The van der Waals surface area contributed by atoms with Gasteiger partial charge in [-0.2, -0.15) is 0 Å². The highest BCUT2D eigenvalue weighted by Gasteiger charge is 2.38. The minimum Gasteiger partial charge on any atom is -0.760 e. The molecule has 3 rings (SSSR count). The molecule has 0 amide bonds. The van der Waals surface area contributed by atoms with Crippen LogP contribution in [0.4, 0.5) is 0 Å². The third-order valence-electron chi connectivity index (χ3n) is 4.42. The maximum absolute atomic E-state index is 10.6. The first-order valence-electron chi connectivity index (χ1n) is 7.90. The fourth-order valence-electron chi connectivity index (χ4n) is 3.22. The van der Waals surface area contributed by atoms with Crippen LogP contribution in [0.1, 0.15) is 36.8 Å². The minimum absolute atomic E-state index is 0.000903. The Kier molecular flexibility index (Phi) is 4.90. The Balaban J connectivity index is 1.62. The molecule has 1 aromatic carbocycles. The maximum atomic E-state index is 10.6. The summed E-state index contributed by atoms with van der Waals surface area (Å²) in [6.45, 7) is 3.96. The number of benzene rings is 1. The van der Waals surface area contributed by atoms with Crippen LogP contribution in [0.3, 0.4) is 0 Å². The molecule has 0 bridgehead atoms. The summed E-state index contributed by atoms with van der Waals surface area (Å²) in [7, 11) is 0. The second kappa shape index (κ2) is 6.91. The monoisotopic (exact) mass is 329 g/mol. The van der Waals surface area contributed by atoms with Crippen LogP contribution in [0.5, 0.6) is 0 Å². The fourth-order valence-corrected chi connectivity index (χ4v) is 3.64. The van der Waals surface area contributed by atoms with Gasteiger partial charge in [0.25, 0.3) is 0 Å². The van der Waals surface area contributed by atoms with E-state index >= 15 is 0 Å². The number of aryl methyl sites for hydroxylation is 1. The Morgan fingerprint density at radius 1 is 1.30 bits per heavy atom. The minimum atomic E-state index is -2.17. The summed E-state index contributed by atoms with van der Waals surface area (Å²) in [4.78, 5) is 4.24. The molecule has 0 saturated heterocycles. The smallest absolute Gasteiger partial charge is 0.0346 e. The lowest BCUT2D eigenvalue weighted by molar-refractivity contribution is 0.490. The van der Waals surface area contributed by atoms with E-state index in [-0.39, 0.29) is 6.04 Å². The Morgan fingerprint density at radius 2 is 2.04 bits per heavy atom. The third kappa shape index (κ3) is 4.25. The van der Waals surface area contributed by atoms with Crippen LogP contribution < -0.4 is 4.72 Å². The number of rotatable bonds is 6. The van der Waals surface area contributed by atoms with E-state index in [1.807, 2.05) is 26.2 Å². The van der Waals surface area contributed by atoms with Gasteiger partial charge in [-0.3, -0.25) is 9.19 Å². The fraction of sp³-hybridized carbons (Fsp3) is 0.389. The molecule has 4 unspecified atom stereocenters. The standard InChI is InChI=1S/C18H22N2O2S/c1-12-7-17(11-19-10-12)14-3-5-15(6-4-14)18-9-16(18)8-13(2)20-23(21)22/h3-7,10-11,13,16,18,20H,8-9H2,1-2H3,(H,21,22)/p-1.